The number of fused-ring (bicyclic) bond motifs is 2. The molecule has 1 aliphatic heterocycles. The van der Waals surface area contributed by atoms with Gasteiger partial charge in [0.1, 0.15) is 12.4 Å². The minimum absolute atomic E-state index is 0.0505. The number of aryl methyl sites for hydroxylation is 1. The number of rotatable bonds is 7. The van der Waals surface area contributed by atoms with E-state index in [9.17, 15) is 18.7 Å². The van der Waals surface area contributed by atoms with Crippen molar-refractivity contribution in [1.82, 2.24) is 10.3 Å². The first-order chi connectivity index (χ1) is 14.0. The second kappa shape index (κ2) is 8.21. The molecule has 2 aromatic carbocycles. The summed E-state index contributed by atoms with van der Waals surface area (Å²) in [5.41, 5.74) is 2.51. The number of carboxylic acids is 1. The van der Waals surface area contributed by atoms with Gasteiger partial charge in [-0.25, -0.2) is 13.6 Å². The topological polar surface area (TPSA) is 74.4 Å². The van der Waals surface area contributed by atoms with Crippen LogP contribution in [-0.4, -0.2) is 35.3 Å². The number of hydrogen-bond donors (Lipinski definition) is 3. The Hall–Kier alpha value is -2.93. The second-order valence-electron chi connectivity index (χ2n) is 7.33. The molecule has 1 atom stereocenters. The zero-order chi connectivity index (χ0) is 20.4. The van der Waals surface area contributed by atoms with Gasteiger partial charge in [-0.2, -0.15) is 0 Å². The molecule has 1 aliphatic rings. The van der Waals surface area contributed by atoms with Crippen molar-refractivity contribution in [1.29, 1.82) is 0 Å². The predicted octanol–water partition coefficient (Wildman–Crippen LogP) is 4.06. The van der Waals surface area contributed by atoms with Gasteiger partial charge in [0, 0.05) is 28.7 Å². The molecule has 0 aliphatic carbocycles. The smallest absolute Gasteiger partial charge is 0.336 e. The minimum atomic E-state index is -1.08. The van der Waals surface area contributed by atoms with Crippen LogP contribution in [0.25, 0.3) is 10.9 Å². The molecule has 0 unspecified atom stereocenters. The van der Waals surface area contributed by atoms with Crippen molar-refractivity contribution in [2.45, 2.75) is 31.7 Å². The van der Waals surface area contributed by atoms with Crippen LogP contribution < -0.4 is 10.1 Å². The van der Waals surface area contributed by atoms with E-state index in [1.54, 1.807) is 12.1 Å². The lowest BCUT2D eigenvalue weighted by Crippen LogP contribution is -2.40. The Morgan fingerprint density at radius 2 is 2.10 bits per heavy atom. The highest BCUT2D eigenvalue weighted by molar-refractivity contribution is 5.90. The largest absolute Gasteiger partial charge is 0.489 e. The molecule has 0 saturated carbocycles. The first-order valence-electron chi connectivity index (χ1n) is 9.69. The Morgan fingerprint density at radius 3 is 2.93 bits per heavy atom. The van der Waals surface area contributed by atoms with Crippen molar-refractivity contribution in [3.05, 3.63) is 64.9 Å². The number of nitrogens with one attached hydrogen (secondary N) is 2. The molecule has 0 amide bonds. The third kappa shape index (κ3) is 4.10. The number of hydrogen-bond acceptors (Lipinski definition) is 3. The van der Waals surface area contributed by atoms with Gasteiger partial charge >= 0.3 is 5.97 Å². The maximum absolute atomic E-state index is 13.9. The van der Waals surface area contributed by atoms with Crippen molar-refractivity contribution in [2.24, 2.45) is 0 Å². The molecule has 0 bridgehead atoms. The summed E-state index contributed by atoms with van der Waals surface area (Å²) in [6.07, 6.45) is 5.00. The average molecular weight is 400 g/mol. The van der Waals surface area contributed by atoms with Crippen LogP contribution in [0, 0.1) is 11.6 Å². The Balaban J connectivity index is 1.29. The maximum atomic E-state index is 13.9. The minimum Gasteiger partial charge on any atom is -0.489 e. The molecule has 7 heteroatoms. The lowest BCUT2D eigenvalue weighted by molar-refractivity contribution is 0.0693. The van der Waals surface area contributed by atoms with Crippen LogP contribution in [0.5, 0.6) is 5.75 Å². The van der Waals surface area contributed by atoms with Gasteiger partial charge in [0.25, 0.3) is 0 Å². The van der Waals surface area contributed by atoms with E-state index < -0.39 is 11.8 Å². The summed E-state index contributed by atoms with van der Waals surface area (Å²) >= 11 is 0. The molecule has 0 fully saturated rings. The normalized spacial score (nSPS) is 15.9. The van der Waals surface area contributed by atoms with E-state index in [1.165, 1.54) is 12.1 Å². The Morgan fingerprint density at radius 1 is 1.24 bits per heavy atom. The van der Waals surface area contributed by atoms with E-state index in [2.05, 4.69) is 10.3 Å². The number of aromatic carboxylic acids is 1. The molecule has 3 aromatic rings. The molecule has 152 valence electrons. The summed E-state index contributed by atoms with van der Waals surface area (Å²) in [5, 5.41) is 13.6. The number of carbonyl (C=O) groups is 1. The summed E-state index contributed by atoms with van der Waals surface area (Å²) in [6, 6.07) is 7.09. The first kappa shape index (κ1) is 19.4. The summed E-state index contributed by atoms with van der Waals surface area (Å²) in [6.45, 7) is 1.03. The quantitative estimate of drug-likeness (QED) is 0.523. The standard InChI is InChI=1S/C22H22F2N2O3/c23-14-4-7-20-17(9-14)13(11-26-20)3-1-2-8-25-15-10-18-16(22(27)28)5-6-19(24)21(18)29-12-15/h4-7,9,11,15,25-26H,1-3,8,10,12H2,(H,27,28)/t15-/m1/s1. The average Bonchev–Trinajstić information content (AvgIpc) is 3.09. The summed E-state index contributed by atoms with van der Waals surface area (Å²) < 4.78 is 32.8. The van der Waals surface area contributed by atoms with Crippen molar-refractivity contribution in [3.63, 3.8) is 0 Å². The number of aromatic nitrogens is 1. The second-order valence-corrected chi connectivity index (χ2v) is 7.33. The van der Waals surface area contributed by atoms with E-state index in [4.69, 9.17) is 4.74 Å². The number of halogens is 2. The Kier molecular flexibility index (Phi) is 5.49. The predicted molar refractivity (Wildman–Crippen MR) is 106 cm³/mol. The highest BCUT2D eigenvalue weighted by atomic mass is 19.1. The van der Waals surface area contributed by atoms with Crippen molar-refractivity contribution in [2.75, 3.05) is 13.2 Å². The van der Waals surface area contributed by atoms with Crippen molar-refractivity contribution >= 4 is 16.9 Å². The maximum Gasteiger partial charge on any atom is 0.336 e. The van der Waals surface area contributed by atoms with Gasteiger partial charge in [0.15, 0.2) is 11.6 Å². The molecule has 0 radical (unpaired) electrons. The fourth-order valence-corrected chi connectivity index (χ4v) is 3.88. The molecule has 1 aromatic heterocycles. The number of benzene rings is 2. The van der Waals surface area contributed by atoms with Gasteiger partial charge < -0.3 is 20.1 Å². The molecule has 0 spiro atoms. The Bertz CT molecular complexity index is 1050. The highest BCUT2D eigenvalue weighted by Crippen LogP contribution is 2.31. The SMILES string of the molecule is O=C(O)c1ccc(F)c2c1C[C@@H](NCCCCc1c[nH]c3ccc(F)cc13)CO2. The van der Waals surface area contributed by atoms with Crippen LogP contribution in [0.1, 0.15) is 34.3 Å². The molecule has 3 N–H and O–H groups in total. The van der Waals surface area contributed by atoms with Gasteiger partial charge in [-0.3, -0.25) is 0 Å². The molecule has 29 heavy (non-hydrogen) atoms. The van der Waals surface area contributed by atoms with Crippen LogP contribution in [0.2, 0.25) is 0 Å². The van der Waals surface area contributed by atoms with Crippen LogP contribution in [0.4, 0.5) is 8.78 Å². The zero-order valence-corrected chi connectivity index (χ0v) is 15.8. The monoisotopic (exact) mass is 400 g/mol. The van der Waals surface area contributed by atoms with Gasteiger partial charge in [-0.1, -0.05) is 0 Å². The van der Waals surface area contributed by atoms with Crippen LogP contribution in [-0.2, 0) is 12.8 Å². The van der Waals surface area contributed by atoms with E-state index in [0.29, 0.717) is 18.6 Å². The number of unbranched alkanes of at least 4 members (excludes halogenated alkanes) is 1. The van der Waals surface area contributed by atoms with E-state index >= 15 is 0 Å². The van der Waals surface area contributed by atoms with Crippen LogP contribution >= 0.6 is 0 Å². The number of aromatic amines is 1. The van der Waals surface area contributed by atoms with Crippen molar-refractivity contribution in [3.8, 4) is 5.75 Å². The van der Waals surface area contributed by atoms with Crippen LogP contribution in [0.3, 0.4) is 0 Å². The van der Waals surface area contributed by atoms with Crippen LogP contribution in [0.15, 0.2) is 36.5 Å². The fraction of sp³-hybridized carbons (Fsp3) is 0.318. The fourth-order valence-electron chi connectivity index (χ4n) is 3.88. The molecular formula is C22H22F2N2O3. The summed E-state index contributed by atoms with van der Waals surface area (Å²) in [7, 11) is 0. The van der Waals surface area contributed by atoms with Gasteiger partial charge in [0.2, 0.25) is 0 Å². The van der Waals surface area contributed by atoms with E-state index in [1.807, 2.05) is 6.20 Å². The summed E-state index contributed by atoms with van der Waals surface area (Å²) in [5.74, 6) is -1.80. The van der Waals surface area contributed by atoms with Gasteiger partial charge in [-0.05, 0) is 68.1 Å². The zero-order valence-electron chi connectivity index (χ0n) is 15.8. The van der Waals surface area contributed by atoms with Gasteiger partial charge in [0.05, 0.1) is 5.56 Å². The lowest BCUT2D eigenvalue weighted by Gasteiger charge is -2.27. The molecule has 5 nitrogen and oxygen atoms in total. The molecule has 4 rings (SSSR count). The highest BCUT2D eigenvalue weighted by Gasteiger charge is 2.27. The van der Waals surface area contributed by atoms with E-state index in [-0.39, 0.29) is 23.2 Å². The van der Waals surface area contributed by atoms with E-state index in [0.717, 1.165) is 48.3 Å². The number of carboxylic acid groups (broad SMARTS) is 1. The Labute approximate surface area is 166 Å². The third-order valence-corrected chi connectivity index (χ3v) is 5.36. The summed E-state index contributed by atoms with van der Waals surface area (Å²) in [4.78, 5) is 14.6. The molecule has 2 heterocycles. The molecular weight excluding hydrogens is 378 g/mol. The lowest BCUT2D eigenvalue weighted by atomic mass is 9.96. The molecule has 0 saturated heterocycles. The third-order valence-electron chi connectivity index (χ3n) is 5.36. The number of H-pyrrole nitrogens is 1. The first-order valence-corrected chi connectivity index (χ1v) is 9.69. The number of ether oxygens (including phenoxy) is 1. The van der Waals surface area contributed by atoms with Crippen molar-refractivity contribution < 1.29 is 23.4 Å². The van der Waals surface area contributed by atoms with Gasteiger partial charge in [-0.15, -0.1) is 0 Å².